The van der Waals surface area contributed by atoms with Crippen LogP contribution in [0.4, 0.5) is 13.2 Å². The van der Waals surface area contributed by atoms with Crippen LogP contribution >= 0.6 is 0 Å². The molecule has 0 aromatic heterocycles. The van der Waals surface area contributed by atoms with Crippen LogP contribution in [0, 0.1) is 17.5 Å². The molecule has 2 rings (SSSR count). The van der Waals surface area contributed by atoms with Gasteiger partial charge in [0.2, 0.25) is 0 Å². The van der Waals surface area contributed by atoms with E-state index in [0.29, 0.717) is 6.29 Å². The van der Waals surface area contributed by atoms with Crippen LogP contribution in [-0.4, -0.2) is 6.29 Å². The topological polar surface area (TPSA) is 26.3 Å². The molecule has 98 valence electrons. The Morgan fingerprint density at radius 2 is 1.63 bits per heavy atom. The predicted molar refractivity (Wildman–Crippen MR) is 62.5 cm³/mol. The Morgan fingerprint density at radius 1 is 1.00 bits per heavy atom. The summed E-state index contributed by atoms with van der Waals surface area (Å²) in [6.07, 6.45) is 0.326. The van der Waals surface area contributed by atoms with Gasteiger partial charge in [-0.1, -0.05) is 18.2 Å². The third kappa shape index (κ3) is 2.93. The van der Waals surface area contributed by atoms with E-state index in [1.54, 1.807) is 6.07 Å². The molecule has 0 aliphatic heterocycles. The van der Waals surface area contributed by atoms with Gasteiger partial charge in [0.25, 0.3) is 0 Å². The second-order valence-electron chi connectivity index (χ2n) is 3.81. The molecular formula is C14H9F3O2. The third-order valence-electron chi connectivity index (χ3n) is 2.49. The summed E-state index contributed by atoms with van der Waals surface area (Å²) in [5.74, 6) is -3.15. The molecule has 0 aliphatic carbocycles. The van der Waals surface area contributed by atoms with Gasteiger partial charge in [-0.2, -0.15) is 0 Å². The summed E-state index contributed by atoms with van der Waals surface area (Å²) in [5.41, 5.74) is 0.0500. The number of hydrogen-bond donors (Lipinski definition) is 0. The summed E-state index contributed by atoms with van der Waals surface area (Å²) >= 11 is 0. The highest BCUT2D eigenvalue weighted by Crippen LogP contribution is 2.24. The van der Waals surface area contributed by atoms with E-state index in [-0.39, 0.29) is 17.7 Å². The van der Waals surface area contributed by atoms with Crippen molar-refractivity contribution in [2.75, 3.05) is 0 Å². The maximum absolute atomic E-state index is 13.5. The SMILES string of the molecule is O=Cc1cc(F)c(OCc2ccccc2F)c(F)c1. The zero-order valence-electron chi connectivity index (χ0n) is 9.70. The van der Waals surface area contributed by atoms with Crippen LogP contribution in [0.5, 0.6) is 5.75 Å². The van der Waals surface area contributed by atoms with Crippen molar-refractivity contribution in [3.63, 3.8) is 0 Å². The molecule has 0 saturated carbocycles. The van der Waals surface area contributed by atoms with Gasteiger partial charge in [-0.25, -0.2) is 13.2 Å². The van der Waals surface area contributed by atoms with E-state index in [0.717, 1.165) is 12.1 Å². The average Bonchev–Trinajstić information content (AvgIpc) is 2.39. The number of ether oxygens (including phenoxy) is 1. The number of benzene rings is 2. The maximum Gasteiger partial charge on any atom is 0.191 e. The van der Waals surface area contributed by atoms with Crippen LogP contribution in [0.2, 0.25) is 0 Å². The van der Waals surface area contributed by atoms with Crippen LogP contribution < -0.4 is 4.74 Å². The number of halogens is 3. The Morgan fingerprint density at radius 3 is 2.21 bits per heavy atom. The smallest absolute Gasteiger partial charge is 0.191 e. The molecule has 0 bridgehead atoms. The van der Waals surface area contributed by atoms with E-state index in [4.69, 9.17) is 4.74 Å². The molecule has 0 N–H and O–H groups in total. The summed E-state index contributed by atoms with van der Waals surface area (Å²) in [4.78, 5) is 10.4. The Bertz CT molecular complexity index is 588. The summed E-state index contributed by atoms with van der Waals surface area (Å²) in [6, 6.07) is 7.47. The second-order valence-corrected chi connectivity index (χ2v) is 3.81. The number of hydrogen-bond acceptors (Lipinski definition) is 2. The molecule has 5 heteroatoms. The lowest BCUT2D eigenvalue weighted by atomic mass is 10.2. The normalized spacial score (nSPS) is 10.3. The molecule has 0 spiro atoms. The molecule has 0 aliphatic rings. The highest BCUT2D eigenvalue weighted by Gasteiger charge is 2.13. The van der Waals surface area contributed by atoms with Gasteiger partial charge < -0.3 is 4.74 Å². The van der Waals surface area contributed by atoms with Crippen molar-refractivity contribution in [2.24, 2.45) is 0 Å². The largest absolute Gasteiger partial charge is 0.483 e. The van der Waals surface area contributed by atoms with Crippen molar-refractivity contribution in [2.45, 2.75) is 6.61 Å². The van der Waals surface area contributed by atoms with Crippen LogP contribution in [0.15, 0.2) is 36.4 Å². The Hall–Kier alpha value is -2.30. The van der Waals surface area contributed by atoms with Crippen molar-refractivity contribution in [1.29, 1.82) is 0 Å². The van der Waals surface area contributed by atoms with Crippen LogP contribution in [-0.2, 0) is 6.61 Å². The quantitative estimate of drug-likeness (QED) is 0.792. The fraction of sp³-hybridized carbons (Fsp3) is 0.0714. The van der Waals surface area contributed by atoms with Gasteiger partial charge in [0.05, 0.1) is 0 Å². The Labute approximate surface area is 107 Å². The second kappa shape index (κ2) is 5.56. The van der Waals surface area contributed by atoms with Crippen molar-refractivity contribution in [1.82, 2.24) is 0 Å². The van der Waals surface area contributed by atoms with Crippen LogP contribution in [0.3, 0.4) is 0 Å². The molecule has 2 aromatic rings. The van der Waals surface area contributed by atoms with Gasteiger partial charge in [0, 0.05) is 11.1 Å². The molecule has 19 heavy (non-hydrogen) atoms. The minimum atomic E-state index is -1.00. The maximum atomic E-state index is 13.5. The lowest BCUT2D eigenvalue weighted by Gasteiger charge is -2.09. The van der Waals surface area contributed by atoms with Crippen LogP contribution in [0.25, 0.3) is 0 Å². The third-order valence-corrected chi connectivity index (χ3v) is 2.49. The van der Waals surface area contributed by atoms with E-state index in [9.17, 15) is 18.0 Å². The van der Waals surface area contributed by atoms with E-state index < -0.39 is 23.2 Å². The molecule has 0 saturated heterocycles. The molecule has 0 amide bonds. The van der Waals surface area contributed by atoms with Gasteiger partial charge >= 0.3 is 0 Å². The number of aldehydes is 1. The van der Waals surface area contributed by atoms with Gasteiger partial charge in [-0.05, 0) is 18.2 Å². The average molecular weight is 266 g/mol. The number of carbonyl (C=O) groups excluding carboxylic acids is 1. The first-order valence-corrected chi connectivity index (χ1v) is 5.42. The van der Waals surface area contributed by atoms with Crippen molar-refractivity contribution in [3.05, 3.63) is 65.0 Å². The van der Waals surface area contributed by atoms with Crippen LogP contribution in [0.1, 0.15) is 15.9 Å². The molecule has 0 radical (unpaired) electrons. The molecular weight excluding hydrogens is 257 g/mol. The first-order valence-electron chi connectivity index (χ1n) is 5.42. The van der Waals surface area contributed by atoms with E-state index in [1.807, 2.05) is 0 Å². The lowest BCUT2D eigenvalue weighted by molar-refractivity contribution is 0.112. The van der Waals surface area contributed by atoms with E-state index in [2.05, 4.69) is 0 Å². The lowest BCUT2D eigenvalue weighted by Crippen LogP contribution is -2.02. The van der Waals surface area contributed by atoms with E-state index >= 15 is 0 Å². The van der Waals surface area contributed by atoms with Gasteiger partial charge in [-0.15, -0.1) is 0 Å². The minimum absolute atomic E-state index is 0.131. The highest BCUT2D eigenvalue weighted by molar-refractivity contribution is 5.75. The fourth-order valence-electron chi connectivity index (χ4n) is 1.55. The summed E-state index contributed by atoms with van der Waals surface area (Å²) < 4.78 is 45.2. The van der Waals surface area contributed by atoms with Crippen molar-refractivity contribution >= 4 is 6.29 Å². The zero-order valence-corrected chi connectivity index (χ0v) is 9.70. The Balaban J connectivity index is 2.21. The van der Waals surface area contributed by atoms with E-state index in [1.165, 1.54) is 18.2 Å². The zero-order chi connectivity index (χ0) is 13.8. The first-order chi connectivity index (χ1) is 9.11. The molecule has 0 heterocycles. The minimum Gasteiger partial charge on any atom is -0.483 e. The summed E-state index contributed by atoms with van der Waals surface area (Å²) in [6.45, 7) is -0.305. The highest BCUT2D eigenvalue weighted by atomic mass is 19.1. The van der Waals surface area contributed by atoms with Gasteiger partial charge in [-0.3, -0.25) is 4.79 Å². The fourth-order valence-corrected chi connectivity index (χ4v) is 1.55. The molecule has 0 fully saturated rings. The predicted octanol–water partition coefficient (Wildman–Crippen LogP) is 3.50. The number of rotatable bonds is 4. The monoisotopic (exact) mass is 266 g/mol. The summed E-state index contributed by atoms with van der Waals surface area (Å²) in [7, 11) is 0. The van der Waals surface area contributed by atoms with Gasteiger partial charge in [0.15, 0.2) is 17.4 Å². The number of carbonyl (C=O) groups is 1. The van der Waals surface area contributed by atoms with Crippen molar-refractivity contribution < 1.29 is 22.7 Å². The first kappa shape index (κ1) is 13.1. The van der Waals surface area contributed by atoms with Gasteiger partial charge in [0.1, 0.15) is 18.7 Å². The standard InChI is InChI=1S/C14H9F3O2/c15-11-4-2-1-3-10(11)8-19-14-12(16)5-9(7-18)6-13(14)17/h1-7H,8H2. The Kier molecular flexibility index (Phi) is 3.85. The van der Waals surface area contributed by atoms with Crippen molar-refractivity contribution in [3.8, 4) is 5.75 Å². The molecule has 2 aromatic carbocycles. The summed E-state index contributed by atoms with van der Waals surface area (Å²) in [5, 5.41) is 0. The molecule has 0 unspecified atom stereocenters. The molecule has 0 atom stereocenters. The molecule has 2 nitrogen and oxygen atoms in total.